The van der Waals surface area contributed by atoms with Crippen LogP contribution in [0.15, 0.2) is 60.7 Å². The van der Waals surface area contributed by atoms with E-state index in [9.17, 15) is 0 Å². The van der Waals surface area contributed by atoms with E-state index in [1.165, 1.54) is 0 Å². The molecule has 4 rings (SSSR count). The molecule has 0 atom stereocenters. The number of benzene rings is 3. The zero-order valence-electron chi connectivity index (χ0n) is 16.8. The van der Waals surface area contributed by atoms with Crippen LogP contribution in [0, 0.1) is 0 Å². The number of rotatable bonds is 9. The maximum absolute atomic E-state index is 6.53. The molecule has 3 aromatic carbocycles. The SMILES string of the molecule is CCOc1cc(CNCc2ccc3c(c2)OCO3)c(Cl)cc1OCc1ccccc1. The van der Waals surface area contributed by atoms with Crippen LogP contribution in [0.25, 0.3) is 0 Å². The molecule has 0 aromatic heterocycles. The summed E-state index contributed by atoms with van der Waals surface area (Å²) in [4.78, 5) is 0. The van der Waals surface area contributed by atoms with E-state index in [0.717, 1.165) is 28.2 Å². The van der Waals surface area contributed by atoms with Crippen molar-refractivity contribution in [3.63, 3.8) is 0 Å². The quantitative estimate of drug-likeness (QED) is 0.501. The fourth-order valence-corrected chi connectivity index (χ4v) is 3.44. The topological polar surface area (TPSA) is 49.0 Å². The first-order valence-electron chi connectivity index (χ1n) is 9.94. The highest BCUT2D eigenvalue weighted by atomic mass is 35.5. The predicted molar refractivity (Wildman–Crippen MR) is 117 cm³/mol. The van der Waals surface area contributed by atoms with Gasteiger partial charge in [0.1, 0.15) is 6.61 Å². The highest BCUT2D eigenvalue weighted by Gasteiger charge is 2.14. The van der Waals surface area contributed by atoms with Gasteiger partial charge in [-0.3, -0.25) is 0 Å². The van der Waals surface area contributed by atoms with Gasteiger partial charge in [0.05, 0.1) is 6.61 Å². The van der Waals surface area contributed by atoms with Crippen molar-refractivity contribution in [1.82, 2.24) is 5.32 Å². The van der Waals surface area contributed by atoms with Gasteiger partial charge in [-0.05, 0) is 41.8 Å². The molecule has 30 heavy (non-hydrogen) atoms. The molecule has 0 fully saturated rings. The van der Waals surface area contributed by atoms with Crippen LogP contribution in [-0.2, 0) is 19.7 Å². The lowest BCUT2D eigenvalue weighted by Crippen LogP contribution is -2.13. The molecule has 0 aliphatic carbocycles. The summed E-state index contributed by atoms with van der Waals surface area (Å²) < 4.78 is 22.6. The van der Waals surface area contributed by atoms with Crippen molar-refractivity contribution in [2.24, 2.45) is 0 Å². The fraction of sp³-hybridized carbons (Fsp3) is 0.250. The standard InChI is InChI=1S/C24H24ClNO4/c1-2-27-23-11-19(14-26-13-18-8-9-21-22(10-18)30-16-29-21)20(25)12-24(23)28-15-17-6-4-3-5-7-17/h3-12,26H,2,13-16H2,1H3. The van der Waals surface area contributed by atoms with Gasteiger partial charge < -0.3 is 24.3 Å². The Labute approximate surface area is 181 Å². The molecule has 1 aliphatic heterocycles. The number of hydrogen-bond acceptors (Lipinski definition) is 5. The molecule has 0 unspecified atom stereocenters. The third-order valence-corrected chi connectivity index (χ3v) is 5.08. The Hall–Kier alpha value is -2.89. The molecule has 0 saturated heterocycles. The minimum absolute atomic E-state index is 0.278. The smallest absolute Gasteiger partial charge is 0.231 e. The van der Waals surface area contributed by atoms with Crippen LogP contribution < -0.4 is 24.3 Å². The van der Waals surface area contributed by atoms with Crippen molar-refractivity contribution in [2.75, 3.05) is 13.4 Å². The summed E-state index contributed by atoms with van der Waals surface area (Å²) in [7, 11) is 0. The molecule has 1 heterocycles. The van der Waals surface area contributed by atoms with Crippen LogP contribution in [0.4, 0.5) is 0 Å². The Morgan fingerprint density at radius 2 is 1.67 bits per heavy atom. The lowest BCUT2D eigenvalue weighted by atomic mass is 10.1. The third-order valence-electron chi connectivity index (χ3n) is 4.73. The molecule has 5 nitrogen and oxygen atoms in total. The summed E-state index contributed by atoms with van der Waals surface area (Å²) in [5.41, 5.74) is 3.15. The van der Waals surface area contributed by atoms with E-state index in [1.54, 1.807) is 0 Å². The second-order valence-corrected chi connectivity index (χ2v) is 7.30. The van der Waals surface area contributed by atoms with Gasteiger partial charge in [0.2, 0.25) is 6.79 Å². The lowest BCUT2D eigenvalue weighted by molar-refractivity contribution is 0.174. The molecule has 1 aliphatic rings. The van der Waals surface area contributed by atoms with Gasteiger partial charge in [0, 0.05) is 24.2 Å². The van der Waals surface area contributed by atoms with Crippen molar-refractivity contribution in [3.8, 4) is 23.0 Å². The molecule has 0 spiro atoms. The van der Waals surface area contributed by atoms with Gasteiger partial charge >= 0.3 is 0 Å². The number of nitrogens with one attached hydrogen (secondary N) is 1. The largest absolute Gasteiger partial charge is 0.490 e. The summed E-state index contributed by atoms with van der Waals surface area (Å²) in [6.45, 7) is 4.52. The number of ether oxygens (including phenoxy) is 4. The van der Waals surface area contributed by atoms with Gasteiger partial charge in [-0.15, -0.1) is 0 Å². The molecule has 6 heteroatoms. The summed E-state index contributed by atoms with van der Waals surface area (Å²) in [5, 5.41) is 4.06. The monoisotopic (exact) mass is 425 g/mol. The molecule has 3 aromatic rings. The van der Waals surface area contributed by atoms with Crippen LogP contribution >= 0.6 is 11.6 Å². The van der Waals surface area contributed by atoms with E-state index < -0.39 is 0 Å². The first-order chi connectivity index (χ1) is 14.7. The Balaban J connectivity index is 1.40. The average molecular weight is 426 g/mol. The van der Waals surface area contributed by atoms with Crippen LogP contribution in [-0.4, -0.2) is 13.4 Å². The first kappa shape index (κ1) is 20.4. The molecule has 0 saturated carbocycles. The minimum Gasteiger partial charge on any atom is -0.490 e. The number of halogens is 1. The van der Waals surface area contributed by atoms with E-state index in [2.05, 4.69) is 5.32 Å². The molecule has 0 amide bonds. The van der Waals surface area contributed by atoms with Crippen molar-refractivity contribution < 1.29 is 18.9 Å². The van der Waals surface area contributed by atoms with Crippen molar-refractivity contribution in [3.05, 3.63) is 82.4 Å². The maximum atomic E-state index is 6.53. The van der Waals surface area contributed by atoms with Gasteiger partial charge in [-0.1, -0.05) is 48.0 Å². The first-order valence-corrected chi connectivity index (χ1v) is 10.3. The van der Waals surface area contributed by atoms with E-state index >= 15 is 0 Å². The van der Waals surface area contributed by atoms with Crippen LogP contribution in [0.2, 0.25) is 5.02 Å². The van der Waals surface area contributed by atoms with Crippen molar-refractivity contribution in [2.45, 2.75) is 26.6 Å². The van der Waals surface area contributed by atoms with Crippen LogP contribution in [0.1, 0.15) is 23.6 Å². The predicted octanol–water partition coefficient (Wildman–Crippen LogP) is 5.34. The lowest BCUT2D eigenvalue weighted by Gasteiger charge is -2.15. The van der Waals surface area contributed by atoms with Gasteiger partial charge in [-0.2, -0.15) is 0 Å². The zero-order chi connectivity index (χ0) is 20.8. The van der Waals surface area contributed by atoms with E-state index in [0.29, 0.717) is 42.8 Å². The second kappa shape index (κ2) is 9.74. The number of fused-ring (bicyclic) bond motifs is 1. The summed E-state index contributed by atoms with van der Waals surface area (Å²) in [5.74, 6) is 2.91. The average Bonchev–Trinajstić information content (AvgIpc) is 3.23. The van der Waals surface area contributed by atoms with Crippen LogP contribution in [0.3, 0.4) is 0 Å². The minimum atomic E-state index is 0.278. The Morgan fingerprint density at radius 1 is 0.867 bits per heavy atom. The van der Waals surface area contributed by atoms with Gasteiger partial charge in [0.15, 0.2) is 23.0 Å². The second-order valence-electron chi connectivity index (χ2n) is 6.89. The normalized spacial score (nSPS) is 12.1. The Bertz CT molecular complexity index is 994. The van der Waals surface area contributed by atoms with Crippen molar-refractivity contribution >= 4 is 11.6 Å². The third kappa shape index (κ3) is 4.99. The Morgan fingerprint density at radius 3 is 2.50 bits per heavy atom. The molecular formula is C24H24ClNO4. The van der Waals surface area contributed by atoms with E-state index in [1.807, 2.05) is 67.6 Å². The Kier molecular flexibility index (Phi) is 6.62. The zero-order valence-corrected chi connectivity index (χ0v) is 17.6. The fourth-order valence-electron chi connectivity index (χ4n) is 3.22. The summed E-state index contributed by atoms with van der Waals surface area (Å²) >= 11 is 6.53. The summed E-state index contributed by atoms with van der Waals surface area (Å²) in [6, 6.07) is 19.7. The van der Waals surface area contributed by atoms with Gasteiger partial charge in [-0.25, -0.2) is 0 Å². The van der Waals surface area contributed by atoms with E-state index in [4.69, 9.17) is 30.5 Å². The van der Waals surface area contributed by atoms with Crippen LogP contribution in [0.5, 0.6) is 23.0 Å². The van der Waals surface area contributed by atoms with E-state index in [-0.39, 0.29) is 6.79 Å². The highest BCUT2D eigenvalue weighted by molar-refractivity contribution is 6.31. The molecule has 156 valence electrons. The highest BCUT2D eigenvalue weighted by Crippen LogP contribution is 2.35. The number of hydrogen-bond donors (Lipinski definition) is 1. The molecule has 0 bridgehead atoms. The van der Waals surface area contributed by atoms with Crippen molar-refractivity contribution in [1.29, 1.82) is 0 Å². The summed E-state index contributed by atoms with van der Waals surface area (Å²) in [6.07, 6.45) is 0. The van der Waals surface area contributed by atoms with Gasteiger partial charge in [0.25, 0.3) is 0 Å². The molecular weight excluding hydrogens is 402 g/mol. The molecule has 1 N–H and O–H groups in total. The maximum Gasteiger partial charge on any atom is 0.231 e. The molecule has 0 radical (unpaired) electrons.